The quantitative estimate of drug-likeness (QED) is 0.857. The van der Waals surface area contributed by atoms with Crippen molar-refractivity contribution in [2.24, 2.45) is 0 Å². The van der Waals surface area contributed by atoms with Crippen LogP contribution in [0.15, 0.2) is 21.7 Å². The van der Waals surface area contributed by atoms with E-state index in [1.165, 1.54) is 11.3 Å². The van der Waals surface area contributed by atoms with E-state index < -0.39 is 10.0 Å². The number of hydrogen-bond donors (Lipinski definition) is 2. The molecule has 1 aliphatic heterocycles. The Morgan fingerprint density at radius 2 is 2.38 bits per heavy atom. The number of thiophene rings is 1. The third-order valence-corrected chi connectivity index (χ3v) is 5.62. The number of rotatable bonds is 3. The van der Waals surface area contributed by atoms with E-state index in [-0.39, 0.29) is 6.04 Å². The maximum atomic E-state index is 11.9. The summed E-state index contributed by atoms with van der Waals surface area (Å²) in [6.07, 6.45) is 1.71. The van der Waals surface area contributed by atoms with E-state index in [1.54, 1.807) is 17.5 Å². The molecule has 16 heavy (non-hydrogen) atoms. The highest BCUT2D eigenvalue weighted by Gasteiger charge is 2.24. The van der Waals surface area contributed by atoms with Gasteiger partial charge in [0.2, 0.25) is 10.0 Å². The second-order valence-electron chi connectivity index (χ2n) is 4.13. The van der Waals surface area contributed by atoms with Crippen LogP contribution in [0.3, 0.4) is 0 Å². The van der Waals surface area contributed by atoms with Crippen molar-refractivity contribution in [3.8, 4) is 0 Å². The normalized spacial score (nSPS) is 26.8. The lowest BCUT2D eigenvalue weighted by atomic mass is 10.0. The maximum absolute atomic E-state index is 11.9. The van der Waals surface area contributed by atoms with Crippen molar-refractivity contribution in [1.29, 1.82) is 0 Å². The van der Waals surface area contributed by atoms with Gasteiger partial charge in [0.1, 0.15) is 4.21 Å². The number of hydrogen-bond acceptors (Lipinski definition) is 4. The molecule has 0 aromatic carbocycles. The van der Waals surface area contributed by atoms with Gasteiger partial charge in [0.15, 0.2) is 0 Å². The Labute approximate surface area is 100 Å². The van der Waals surface area contributed by atoms with E-state index in [1.807, 2.05) is 0 Å². The molecule has 4 nitrogen and oxygen atoms in total. The van der Waals surface area contributed by atoms with Gasteiger partial charge in [0, 0.05) is 12.1 Å². The Morgan fingerprint density at radius 3 is 3.00 bits per heavy atom. The van der Waals surface area contributed by atoms with E-state index in [0.29, 0.717) is 10.3 Å². The number of sulfonamides is 1. The van der Waals surface area contributed by atoms with E-state index in [0.717, 1.165) is 19.4 Å². The lowest BCUT2D eigenvalue weighted by Gasteiger charge is -2.28. The average molecular weight is 260 g/mol. The molecule has 0 bridgehead atoms. The molecule has 1 saturated heterocycles. The largest absolute Gasteiger partial charge is 0.314 e. The summed E-state index contributed by atoms with van der Waals surface area (Å²) in [5.74, 6) is 0. The van der Waals surface area contributed by atoms with Crippen LogP contribution in [0.25, 0.3) is 0 Å². The molecule has 6 heteroatoms. The first-order valence-corrected chi connectivity index (χ1v) is 7.73. The lowest BCUT2D eigenvalue weighted by molar-refractivity contribution is 0.361. The standard InChI is InChI=1S/C10H16N2O2S2/c1-8-7-9(4-5-11-8)12-16(13,14)10-3-2-6-15-10/h2-3,6,8-9,11-12H,4-5,7H2,1H3. The summed E-state index contributed by atoms with van der Waals surface area (Å²) >= 11 is 1.25. The summed E-state index contributed by atoms with van der Waals surface area (Å²) in [5.41, 5.74) is 0. The van der Waals surface area contributed by atoms with E-state index >= 15 is 0 Å². The fourth-order valence-electron chi connectivity index (χ4n) is 1.93. The Morgan fingerprint density at radius 1 is 1.56 bits per heavy atom. The minimum Gasteiger partial charge on any atom is -0.314 e. The van der Waals surface area contributed by atoms with Crippen molar-refractivity contribution in [2.45, 2.75) is 36.1 Å². The molecule has 1 aromatic heterocycles. The summed E-state index contributed by atoms with van der Waals surface area (Å²) in [7, 11) is -3.30. The molecule has 0 saturated carbocycles. The molecule has 2 rings (SSSR count). The molecule has 1 fully saturated rings. The minimum absolute atomic E-state index is 0.0587. The maximum Gasteiger partial charge on any atom is 0.250 e. The van der Waals surface area contributed by atoms with Crippen LogP contribution in [0.5, 0.6) is 0 Å². The molecule has 90 valence electrons. The van der Waals surface area contributed by atoms with Gasteiger partial charge >= 0.3 is 0 Å². The molecule has 0 spiro atoms. The zero-order valence-electron chi connectivity index (χ0n) is 9.14. The van der Waals surface area contributed by atoms with Crippen LogP contribution in [0, 0.1) is 0 Å². The third-order valence-electron chi connectivity index (χ3n) is 2.71. The van der Waals surface area contributed by atoms with Crippen LogP contribution in [-0.2, 0) is 10.0 Å². The van der Waals surface area contributed by atoms with Crippen molar-refractivity contribution in [2.75, 3.05) is 6.54 Å². The molecule has 0 radical (unpaired) electrons. The molecule has 0 amide bonds. The third kappa shape index (κ3) is 2.82. The Balaban J connectivity index is 2.04. The van der Waals surface area contributed by atoms with Crippen LogP contribution in [0.1, 0.15) is 19.8 Å². The van der Waals surface area contributed by atoms with Crippen LogP contribution >= 0.6 is 11.3 Å². The fraction of sp³-hybridized carbons (Fsp3) is 0.600. The van der Waals surface area contributed by atoms with Gasteiger partial charge in [-0.25, -0.2) is 13.1 Å². The summed E-state index contributed by atoms with van der Waals surface area (Å²) in [4.78, 5) is 0. The molecule has 2 N–H and O–H groups in total. The van der Waals surface area contributed by atoms with Gasteiger partial charge in [-0.2, -0.15) is 0 Å². The monoisotopic (exact) mass is 260 g/mol. The number of piperidine rings is 1. The van der Waals surface area contributed by atoms with Crippen molar-refractivity contribution in [1.82, 2.24) is 10.0 Å². The molecule has 1 aliphatic rings. The summed E-state index contributed by atoms with van der Waals surface area (Å²) in [5, 5.41) is 5.08. The molecule has 2 unspecified atom stereocenters. The second kappa shape index (κ2) is 4.83. The van der Waals surface area contributed by atoms with Gasteiger partial charge in [-0.1, -0.05) is 6.07 Å². The van der Waals surface area contributed by atoms with E-state index in [2.05, 4.69) is 17.0 Å². The molecule has 0 aliphatic carbocycles. The number of nitrogens with one attached hydrogen (secondary N) is 2. The van der Waals surface area contributed by atoms with E-state index in [9.17, 15) is 8.42 Å². The SMILES string of the molecule is CC1CC(NS(=O)(=O)c2cccs2)CCN1. The Bertz CT molecular complexity index is 428. The predicted octanol–water partition coefficient (Wildman–Crippen LogP) is 1.17. The van der Waals surface area contributed by atoms with Gasteiger partial charge in [-0.3, -0.25) is 0 Å². The van der Waals surface area contributed by atoms with Gasteiger partial charge in [0.25, 0.3) is 0 Å². The Kier molecular flexibility index (Phi) is 3.63. The van der Waals surface area contributed by atoms with Crippen molar-refractivity contribution in [3.05, 3.63) is 17.5 Å². The first-order valence-electron chi connectivity index (χ1n) is 5.37. The topological polar surface area (TPSA) is 58.2 Å². The second-order valence-corrected chi connectivity index (χ2v) is 7.02. The average Bonchev–Trinajstić information content (AvgIpc) is 2.69. The van der Waals surface area contributed by atoms with Gasteiger partial charge in [-0.05, 0) is 37.8 Å². The van der Waals surface area contributed by atoms with Crippen LogP contribution in [0.4, 0.5) is 0 Å². The highest BCUT2D eigenvalue weighted by molar-refractivity contribution is 7.91. The van der Waals surface area contributed by atoms with Gasteiger partial charge in [-0.15, -0.1) is 11.3 Å². The summed E-state index contributed by atoms with van der Waals surface area (Å²) < 4.78 is 27.1. The minimum atomic E-state index is -3.30. The summed E-state index contributed by atoms with van der Waals surface area (Å²) in [6, 6.07) is 3.83. The zero-order valence-corrected chi connectivity index (χ0v) is 10.8. The van der Waals surface area contributed by atoms with Crippen molar-refractivity contribution < 1.29 is 8.42 Å². The van der Waals surface area contributed by atoms with Crippen LogP contribution in [-0.4, -0.2) is 27.0 Å². The van der Waals surface area contributed by atoms with E-state index in [4.69, 9.17) is 0 Å². The van der Waals surface area contributed by atoms with Crippen molar-refractivity contribution in [3.63, 3.8) is 0 Å². The molecular weight excluding hydrogens is 244 g/mol. The molecular formula is C10H16N2O2S2. The first kappa shape index (κ1) is 12.0. The molecule has 1 aromatic rings. The lowest BCUT2D eigenvalue weighted by Crippen LogP contribution is -2.46. The zero-order chi connectivity index (χ0) is 11.6. The van der Waals surface area contributed by atoms with Gasteiger partial charge < -0.3 is 5.32 Å². The molecule has 2 heterocycles. The van der Waals surface area contributed by atoms with Crippen LogP contribution < -0.4 is 10.0 Å². The first-order chi connectivity index (χ1) is 7.58. The smallest absolute Gasteiger partial charge is 0.250 e. The van der Waals surface area contributed by atoms with Gasteiger partial charge in [0.05, 0.1) is 0 Å². The highest BCUT2D eigenvalue weighted by Crippen LogP contribution is 2.18. The fourth-order valence-corrected chi connectivity index (χ4v) is 4.23. The predicted molar refractivity (Wildman–Crippen MR) is 65.1 cm³/mol. The highest BCUT2D eigenvalue weighted by atomic mass is 32.2. The Hall–Kier alpha value is -0.430. The molecule has 2 atom stereocenters. The summed E-state index contributed by atoms with van der Waals surface area (Å²) in [6.45, 7) is 2.95. The van der Waals surface area contributed by atoms with Crippen molar-refractivity contribution >= 4 is 21.4 Å². The van der Waals surface area contributed by atoms with Crippen LogP contribution in [0.2, 0.25) is 0 Å².